The van der Waals surface area contributed by atoms with E-state index in [1.54, 1.807) is 24.3 Å². The Bertz CT molecular complexity index is 603. The molecule has 0 amide bonds. The van der Waals surface area contributed by atoms with Crippen LogP contribution in [0.3, 0.4) is 0 Å². The number of rotatable bonds is 6. The Morgan fingerprint density at radius 1 is 1.35 bits per heavy atom. The molecular weight excluding hydrogens is 258 g/mol. The van der Waals surface area contributed by atoms with Gasteiger partial charge in [-0.05, 0) is 12.0 Å². The highest BCUT2D eigenvalue weighted by Gasteiger charge is 2.19. The van der Waals surface area contributed by atoms with Crippen molar-refractivity contribution in [1.29, 1.82) is 0 Å². The normalized spacial score (nSPS) is 13.0. The van der Waals surface area contributed by atoms with Gasteiger partial charge in [0.15, 0.2) is 0 Å². The number of para-hydroxylation sites is 1. The number of hydrogen-bond acceptors (Lipinski definition) is 4. The molecule has 0 saturated carbocycles. The molecule has 5 heteroatoms. The summed E-state index contributed by atoms with van der Waals surface area (Å²) >= 11 is 0. The summed E-state index contributed by atoms with van der Waals surface area (Å²) in [5.74, 6) is -0.470. The Morgan fingerprint density at radius 2 is 2.05 bits per heavy atom. The highest BCUT2D eigenvalue weighted by Crippen LogP contribution is 2.25. The number of nitrogens with one attached hydrogen (secondary N) is 1. The molecular formula is C15H19NO4. The van der Waals surface area contributed by atoms with Crippen LogP contribution in [0.5, 0.6) is 0 Å². The largest absolute Gasteiger partial charge is 0.478 e. The maximum atomic E-state index is 11.4. The number of carboxylic acid groups (broad SMARTS) is 1. The zero-order valence-corrected chi connectivity index (χ0v) is 11.6. The minimum atomic E-state index is -1.00. The Morgan fingerprint density at radius 3 is 2.70 bits per heavy atom. The number of aliphatic hydroxyl groups excluding tert-OH is 1. The average Bonchev–Trinajstić information content (AvgIpc) is 2.76. The van der Waals surface area contributed by atoms with Crippen molar-refractivity contribution in [3.8, 4) is 0 Å². The van der Waals surface area contributed by atoms with Crippen LogP contribution in [-0.4, -0.2) is 28.8 Å². The Labute approximate surface area is 117 Å². The monoisotopic (exact) mass is 277 g/mol. The molecule has 3 N–H and O–H groups in total. The van der Waals surface area contributed by atoms with E-state index in [-0.39, 0.29) is 18.0 Å². The minimum Gasteiger partial charge on any atom is -0.478 e. The van der Waals surface area contributed by atoms with Crippen LogP contribution in [0.25, 0.3) is 11.0 Å². The summed E-state index contributed by atoms with van der Waals surface area (Å²) < 4.78 is 5.58. The summed E-state index contributed by atoms with van der Waals surface area (Å²) in [5.41, 5.74) is 0.748. The van der Waals surface area contributed by atoms with E-state index < -0.39 is 12.1 Å². The van der Waals surface area contributed by atoms with Gasteiger partial charge in [0, 0.05) is 11.9 Å². The molecule has 0 aliphatic heterocycles. The van der Waals surface area contributed by atoms with Crippen molar-refractivity contribution < 1.29 is 19.4 Å². The van der Waals surface area contributed by atoms with Crippen molar-refractivity contribution in [2.24, 2.45) is 5.92 Å². The van der Waals surface area contributed by atoms with Gasteiger partial charge < -0.3 is 19.9 Å². The number of aliphatic hydroxyl groups is 1. The van der Waals surface area contributed by atoms with Crippen molar-refractivity contribution in [2.75, 3.05) is 6.54 Å². The van der Waals surface area contributed by atoms with E-state index in [0.29, 0.717) is 23.3 Å². The maximum Gasteiger partial charge on any atom is 0.339 e. The van der Waals surface area contributed by atoms with Crippen LogP contribution in [0, 0.1) is 5.92 Å². The third-order valence-electron chi connectivity index (χ3n) is 3.29. The van der Waals surface area contributed by atoms with Gasteiger partial charge in [0.05, 0.1) is 12.6 Å². The van der Waals surface area contributed by atoms with Crippen LogP contribution < -0.4 is 5.32 Å². The maximum absolute atomic E-state index is 11.4. The van der Waals surface area contributed by atoms with E-state index in [2.05, 4.69) is 5.32 Å². The fraction of sp³-hybridized carbons (Fsp3) is 0.400. The molecule has 1 aromatic heterocycles. The van der Waals surface area contributed by atoms with Crippen LogP contribution in [0.15, 0.2) is 28.7 Å². The number of carboxylic acids is 1. The number of carbonyl (C=O) groups is 1. The summed E-state index contributed by atoms with van der Waals surface area (Å²) in [6.07, 6.45) is -0.465. The van der Waals surface area contributed by atoms with Crippen LogP contribution in [0.1, 0.15) is 30.0 Å². The lowest BCUT2D eigenvalue weighted by Crippen LogP contribution is -2.30. The second kappa shape index (κ2) is 6.07. The molecule has 0 aliphatic carbocycles. The predicted molar refractivity (Wildman–Crippen MR) is 75.7 cm³/mol. The molecule has 0 saturated heterocycles. The molecule has 108 valence electrons. The number of aromatic carboxylic acids is 1. The lowest BCUT2D eigenvalue weighted by molar-refractivity contribution is 0.0696. The van der Waals surface area contributed by atoms with Crippen molar-refractivity contribution in [1.82, 2.24) is 5.32 Å². The predicted octanol–water partition coefficient (Wildman–Crippen LogP) is 2.24. The molecule has 1 atom stereocenters. The third kappa shape index (κ3) is 3.00. The molecule has 0 spiro atoms. The fourth-order valence-electron chi connectivity index (χ4n) is 2.02. The molecule has 1 unspecified atom stereocenters. The average molecular weight is 277 g/mol. The topological polar surface area (TPSA) is 82.7 Å². The van der Waals surface area contributed by atoms with E-state index in [1.807, 2.05) is 13.8 Å². The first-order chi connectivity index (χ1) is 9.50. The van der Waals surface area contributed by atoms with Crippen LogP contribution in [-0.2, 0) is 6.54 Å². The summed E-state index contributed by atoms with van der Waals surface area (Å²) in [6, 6.07) is 7.06. The molecule has 20 heavy (non-hydrogen) atoms. The second-order valence-corrected chi connectivity index (χ2v) is 5.14. The van der Waals surface area contributed by atoms with Gasteiger partial charge in [-0.2, -0.15) is 0 Å². The van der Waals surface area contributed by atoms with E-state index in [9.17, 15) is 15.0 Å². The standard InChI is InChI=1S/C15H19NO4/c1-9(2)11(17)7-16-8-13-14(15(18)19)10-5-3-4-6-12(10)20-13/h3-6,9,11,16-17H,7-8H2,1-2H3,(H,18,19). The van der Waals surface area contributed by atoms with E-state index in [0.717, 1.165) is 0 Å². The Balaban J connectivity index is 2.17. The first-order valence-electron chi connectivity index (χ1n) is 6.63. The van der Waals surface area contributed by atoms with E-state index in [1.165, 1.54) is 0 Å². The number of hydrogen-bond donors (Lipinski definition) is 3. The molecule has 1 heterocycles. The highest BCUT2D eigenvalue weighted by molar-refractivity contribution is 6.03. The summed E-state index contributed by atoms with van der Waals surface area (Å²) in [5, 5.41) is 22.7. The number of fused-ring (bicyclic) bond motifs is 1. The van der Waals surface area contributed by atoms with Gasteiger partial charge in [-0.3, -0.25) is 0 Å². The smallest absolute Gasteiger partial charge is 0.339 e. The highest BCUT2D eigenvalue weighted by atomic mass is 16.4. The molecule has 5 nitrogen and oxygen atoms in total. The zero-order chi connectivity index (χ0) is 14.7. The molecule has 0 fully saturated rings. The summed E-state index contributed by atoms with van der Waals surface area (Å²) in [7, 11) is 0. The third-order valence-corrected chi connectivity index (χ3v) is 3.29. The van der Waals surface area contributed by atoms with Gasteiger partial charge in [-0.1, -0.05) is 32.0 Å². The lowest BCUT2D eigenvalue weighted by Gasteiger charge is -2.14. The van der Waals surface area contributed by atoms with Gasteiger partial charge in [0.25, 0.3) is 0 Å². The van der Waals surface area contributed by atoms with Crippen molar-refractivity contribution in [3.05, 3.63) is 35.6 Å². The van der Waals surface area contributed by atoms with E-state index in [4.69, 9.17) is 4.42 Å². The van der Waals surface area contributed by atoms with Crippen molar-refractivity contribution >= 4 is 16.9 Å². The lowest BCUT2D eigenvalue weighted by atomic mass is 10.1. The van der Waals surface area contributed by atoms with Gasteiger partial charge in [0.1, 0.15) is 16.9 Å². The van der Waals surface area contributed by atoms with E-state index >= 15 is 0 Å². The molecule has 2 aromatic rings. The summed E-state index contributed by atoms with van der Waals surface area (Å²) in [6.45, 7) is 4.53. The Kier molecular flexibility index (Phi) is 4.42. The molecule has 0 bridgehead atoms. The van der Waals surface area contributed by atoms with Gasteiger partial charge in [0.2, 0.25) is 0 Å². The molecule has 1 aromatic carbocycles. The van der Waals surface area contributed by atoms with Crippen LogP contribution in [0.4, 0.5) is 0 Å². The zero-order valence-electron chi connectivity index (χ0n) is 11.6. The Hall–Kier alpha value is -1.85. The van der Waals surface area contributed by atoms with Crippen LogP contribution in [0.2, 0.25) is 0 Å². The molecule has 0 radical (unpaired) electrons. The van der Waals surface area contributed by atoms with Crippen molar-refractivity contribution in [2.45, 2.75) is 26.5 Å². The van der Waals surface area contributed by atoms with Crippen molar-refractivity contribution in [3.63, 3.8) is 0 Å². The SMILES string of the molecule is CC(C)C(O)CNCc1oc2ccccc2c1C(=O)O. The quantitative estimate of drug-likeness (QED) is 0.754. The van der Waals surface area contributed by atoms with Gasteiger partial charge in [-0.15, -0.1) is 0 Å². The first-order valence-corrected chi connectivity index (χ1v) is 6.63. The molecule has 2 rings (SSSR count). The van der Waals surface area contributed by atoms with Crippen LogP contribution >= 0.6 is 0 Å². The second-order valence-electron chi connectivity index (χ2n) is 5.14. The number of furan rings is 1. The number of benzene rings is 1. The van der Waals surface area contributed by atoms with Gasteiger partial charge in [-0.25, -0.2) is 4.79 Å². The minimum absolute atomic E-state index is 0.150. The van der Waals surface area contributed by atoms with Gasteiger partial charge >= 0.3 is 5.97 Å². The fourth-order valence-corrected chi connectivity index (χ4v) is 2.02. The summed E-state index contributed by atoms with van der Waals surface area (Å²) in [4.78, 5) is 11.4. The molecule has 0 aliphatic rings. The first kappa shape index (κ1) is 14.6.